The Hall–Kier alpha value is -1.60. The van der Waals surface area contributed by atoms with Gasteiger partial charge in [-0.05, 0) is 13.0 Å². The van der Waals surface area contributed by atoms with E-state index in [9.17, 15) is 19.1 Å². The van der Waals surface area contributed by atoms with Crippen LogP contribution in [0.2, 0.25) is 0 Å². The van der Waals surface area contributed by atoms with Crippen molar-refractivity contribution in [2.45, 2.75) is 24.4 Å². The molecule has 7 heteroatoms. The van der Waals surface area contributed by atoms with Gasteiger partial charge in [0.1, 0.15) is 17.2 Å². The second kappa shape index (κ2) is 5.80. The minimum atomic E-state index is -1.11. The molecule has 0 bridgehead atoms. The number of amides is 1. The van der Waals surface area contributed by atoms with E-state index in [-0.39, 0.29) is 5.75 Å². The van der Waals surface area contributed by atoms with Crippen LogP contribution in [0.15, 0.2) is 24.3 Å². The fourth-order valence-electron chi connectivity index (χ4n) is 2.12. The van der Waals surface area contributed by atoms with Crippen LogP contribution in [0.3, 0.4) is 0 Å². The number of benzene rings is 1. The Bertz CT molecular complexity index is 538. The van der Waals surface area contributed by atoms with Crippen molar-refractivity contribution >= 4 is 23.6 Å². The van der Waals surface area contributed by atoms with Crippen LogP contribution in [0.25, 0.3) is 0 Å². The summed E-state index contributed by atoms with van der Waals surface area (Å²) in [5.74, 6) is -1.84. The first-order valence-corrected chi connectivity index (χ1v) is 7.15. The van der Waals surface area contributed by atoms with Gasteiger partial charge < -0.3 is 15.7 Å². The Morgan fingerprint density at radius 3 is 2.70 bits per heavy atom. The van der Waals surface area contributed by atoms with Gasteiger partial charge in [-0.2, -0.15) is 0 Å². The molecule has 2 rings (SSSR count). The Morgan fingerprint density at radius 1 is 1.50 bits per heavy atom. The minimum absolute atomic E-state index is 0.215. The number of halogens is 1. The van der Waals surface area contributed by atoms with E-state index in [1.165, 1.54) is 29.7 Å². The molecule has 5 nitrogen and oxygen atoms in total. The summed E-state index contributed by atoms with van der Waals surface area (Å²) >= 11 is 1.23. The van der Waals surface area contributed by atoms with Crippen molar-refractivity contribution in [1.82, 2.24) is 4.90 Å². The van der Waals surface area contributed by atoms with Gasteiger partial charge in [-0.25, -0.2) is 9.18 Å². The standard InChI is InChI=1S/C13H15FN2O3S/c1-7(15)11(17)16-10(13(18)19)6-20-12(16)8-4-2-3-5-9(8)14/h2-5,7,10,12H,6,15H2,1H3,(H,18,19)/t7-,10-,12+/m0/s1. The third kappa shape index (κ3) is 2.64. The van der Waals surface area contributed by atoms with Gasteiger partial charge in [-0.15, -0.1) is 11.8 Å². The van der Waals surface area contributed by atoms with E-state index in [1.54, 1.807) is 18.2 Å². The molecule has 20 heavy (non-hydrogen) atoms. The number of aliphatic carboxylic acids is 1. The maximum atomic E-state index is 13.9. The molecule has 1 aromatic rings. The number of hydrogen-bond acceptors (Lipinski definition) is 4. The van der Waals surface area contributed by atoms with Crippen LogP contribution < -0.4 is 5.73 Å². The molecule has 3 atom stereocenters. The number of carboxylic acid groups (broad SMARTS) is 1. The third-order valence-electron chi connectivity index (χ3n) is 3.10. The van der Waals surface area contributed by atoms with Crippen LogP contribution in [0, 0.1) is 5.82 Å². The quantitative estimate of drug-likeness (QED) is 0.876. The fraction of sp³-hybridized carbons (Fsp3) is 0.385. The summed E-state index contributed by atoms with van der Waals surface area (Å²) in [7, 11) is 0. The van der Waals surface area contributed by atoms with Gasteiger partial charge in [0.05, 0.1) is 6.04 Å². The highest BCUT2D eigenvalue weighted by atomic mass is 32.2. The predicted molar refractivity (Wildman–Crippen MR) is 73.5 cm³/mol. The van der Waals surface area contributed by atoms with Crippen LogP contribution >= 0.6 is 11.8 Å². The molecule has 0 radical (unpaired) electrons. The molecule has 1 aromatic carbocycles. The van der Waals surface area contributed by atoms with Gasteiger partial charge >= 0.3 is 5.97 Å². The first-order valence-electron chi connectivity index (χ1n) is 6.10. The van der Waals surface area contributed by atoms with E-state index in [0.717, 1.165) is 0 Å². The SMILES string of the molecule is C[C@H](N)C(=O)N1[C@@H](c2ccccc2F)SC[C@H]1C(=O)O. The zero-order chi connectivity index (χ0) is 14.9. The summed E-state index contributed by atoms with van der Waals surface area (Å²) in [4.78, 5) is 24.6. The topological polar surface area (TPSA) is 83.6 Å². The Labute approximate surface area is 119 Å². The molecule has 3 N–H and O–H groups in total. The van der Waals surface area contributed by atoms with E-state index in [2.05, 4.69) is 0 Å². The lowest BCUT2D eigenvalue weighted by Crippen LogP contribution is -2.49. The molecule has 0 spiro atoms. The van der Waals surface area contributed by atoms with E-state index in [0.29, 0.717) is 5.56 Å². The molecule has 0 aromatic heterocycles. The molecule has 108 valence electrons. The largest absolute Gasteiger partial charge is 0.480 e. The summed E-state index contributed by atoms with van der Waals surface area (Å²) in [6.45, 7) is 1.49. The number of hydrogen-bond donors (Lipinski definition) is 2. The van der Waals surface area contributed by atoms with E-state index in [4.69, 9.17) is 5.73 Å². The van der Waals surface area contributed by atoms with Gasteiger partial charge in [0, 0.05) is 11.3 Å². The predicted octanol–water partition coefficient (Wildman–Crippen LogP) is 1.20. The lowest BCUT2D eigenvalue weighted by atomic mass is 10.1. The van der Waals surface area contributed by atoms with Crippen molar-refractivity contribution in [3.8, 4) is 0 Å². The van der Waals surface area contributed by atoms with Crippen LogP contribution in [0.4, 0.5) is 4.39 Å². The van der Waals surface area contributed by atoms with Gasteiger partial charge in [0.2, 0.25) is 5.91 Å². The fourth-order valence-corrected chi connectivity index (χ4v) is 3.57. The molecular formula is C13H15FN2O3S. The Kier molecular flexibility index (Phi) is 4.29. The number of carboxylic acids is 1. The van der Waals surface area contributed by atoms with Crippen molar-refractivity contribution in [3.63, 3.8) is 0 Å². The van der Waals surface area contributed by atoms with E-state index >= 15 is 0 Å². The summed E-state index contributed by atoms with van der Waals surface area (Å²) in [6.07, 6.45) is 0. The summed E-state index contributed by atoms with van der Waals surface area (Å²) in [6, 6.07) is 4.23. The highest BCUT2D eigenvalue weighted by molar-refractivity contribution is 7.99. The summed E-state index contributed by atoms with van der Waals surface area (Å²) < 4.78 is 13.9. The first kappa shape index (κ1) is 14.8. The molecule has 1 aliphatic heterocycles. The highest BCUT2D eigenvalue weighted by Crippen LogP contribution is 2.42. The van der Waals surface area contributed by atoms with Gasteiger partial charge in [0.25, 0.3) is 0 Å². The Morgan fingerprint density at radius 2 is 2.15 bits per heavy atom. The van der Waals surface area contributed by atoms with Crippen LogP contribution in [-0.2, 0) is 9.59 Å². The molecule has 0 aliphatic carbocycles. The third-order valence-corrected chi connectivity index (χ3v) is 4.41. The average molecular weight is 298 g/mol. The second-order valence-corrected chi connectivity index (χ2v) is 5.71. The van der Waals surface area contributed by atoms with Gasteiger partial charge in [-0.3, -0.25) is 4.79 Å². The number of thioether (sulfide) groups is 1. The monoisotopic (exact) mass is 298 g/mol. The molecule has 0 saturated carbocycles. The molecule has 1 fully saturated rings. The summed E-state index contributed by atoms with van der Waals surface area (Å²) in [5.41, 5.74) is 5.87. The number of nitrogens with zero attached hydrogens (tertiary/aromatic N) is 1. The van der Waals surface area contributed by atoms with Crippen molar-refractivity contribution in [1.29, 1.82) is 0 Å². The smallest absolute Gasteiger partial charge is 0.327 e. The molecule has 1 aliphatic rings. The molecule has 0 unspecified atom stereocenters. The Balaban J connectivity index is 2.40. The second-order valence-electron chi connectivity index (χ2n) is 4.60. The molecule has 1 amide bonds. The molecule has 1 saturated heterocycles. The van der Waals surface area contributed by atoms with Crippen LogP contribution in [0.1, 0.15) is 17.9 Å². The van der Waals surface area contributed by atoms with E-state index < -0.39 is 35.2 Å². The molecular weight excluding hydrogens is 283 g/mol. The number of carbonyl (C=O) groups is 2. The van der Waals surface area contributed by atoms with Crippen molar-refractivity contribution in [3.05, 3.63) is 35.6 Å². The number of rotatable bonds is 3. The zero-order valence-electron chi connectivity index (χ0n) is 10.8. The maximum absolute atomic E-state index is 13.9. The number of carbonyl (C=O) groups excluding carboxylic acids is 1. The summed E-state index contributed by atoms with van der Waals surface area (Å²) in [5, 5.41) is 8.55. The maximum Gasteiger partial charge on any atom is 0.327 e. The number of nitrogens with two attached hydrogens (primary N) is 1. The van der Waals surface area contributed by atoms with Gasteiger partial charge in [-0.1, -0.05) is 18.2 Å². The molecule has 1 heterocycles. The first-order chi connectivity index (χ1) is 9.43. The van der Waals surface area contributed by atoms with Crippen LogP contribution in [-0.4, -0.2) is 39.7 Å². The van der Waals surface area contributed by atoms with Crippen molar-refractivity contribution < 1.29 is 19.1 Å². The van der Waals surface area contributed by atoms with Gasteiger partial charge in [0.15, 0.2) is 0 Å². The van der Waals surface area contributed by atoms with E-state index in [1.807, 2.05) is 0 Å². The van der Waals surface area contributed by atoms with Crippen LogP contribution in [0.5, 0.6) is 0 Å². The highest BCUT2D eigenvalue weighted by Gasteiger charge is 2.43. The average Bonchev–Trinajstić information content (AvgIpc) is 2.82. The minimum Gasteiger partial charge on any atom is -0.480 e. The lowest BCUT2D eigenvalue weighted by Gasteiger charge is -2.29. The zero-order valence-corrected chi connectivity index (χ0v) is 11.6. The van der Waals surface area contributed by atoms with Crippen molar-refractivity contribution in [2.75, 3.05) is 5.75 Å². The lowest BCUT2D eigenvalue weighted by molar-refractivity contribution is -0.149. The van der Waals surface area contributed by atoms with Crippen molar-refractivity contribution in [2.24, 2.45) is 5.73 Å². The normalized spacial score (nSPS) is 23.6.